The van der Waals surface area contributed by atoms with E-state index in [0.29, 0.717) is 24.0 Å². The van der Waals surface area contributed by atoms with E-state index in [-0.39, 0.29) is 0 Å². The molecule has 1 heterocycles. The molecule has 0 aromatic carbocycles. The first-order chi connectivity index (χ1) is 5.64. The first kappa shape index (κ1) is 9.99. The highest BCUT2D eigenvalue weighted by molar-refractivity contribution is 7.91. The minimum atomic E-state index is -2.69. The molecule has 0 N–H and O–H groups in total. The van der Waals surface area contributed by atoms with Crippen LogP contribution in [0.4, 0.5) is 0 Å². The third kappa shape index (κ3) is 3.11. The van der Waals surface area contributed by atoms with E-state index in [1.165, 1.54) is 0 Å². The molecule has 1 aliphatic heterocycles. The van der Waals surface area contributed by atoms with Gasteiger partial charge in [-0.3, -0.25) is 0 Å². The monoisotopic (exact) mass is 192 g/mol. The van der Waals surface area contributed by atoms with Gasteiger partial charge in [-0.25, -0.2) is 8.42 Å². The van der Waals surface area contributed by atoms with Gasteiger partial charge in [-0.05, 0) is 25.7 Å². The first-order valence-electron chi connectivity index (χ1n) is 4.42. The number of ether oxygens (including phenoxy) is 1. The molecule has 1 rings (SSSR count). The van der Waals surface area contributed by atoms with Crippen molar-refractivity contribution in [1.29, 1.82) is 0 Å². The van der Waals surface area contributed by atoms with Crippen LogP contribution in [0.2, 0.25) is 0 Å². The predicted molar refractivity (Wildman–Crippen MR) is 47.9 cm³/mol. The molecule has 1 atom stereocenters. The standard InChI is InChI=1S/C8H16O3S/c1-2-11-5-3-8-4-6-12(9,10)7-8/h8H,2-7H2,1H3. The van der Waals surface area contributed by atoms with Gasteiger partial charge in [0.05, 0.1) is 11.5 Å². The maximum absolute atomic E-state index is 11.0. The van der Waals surface area contributed by atoms with Gasteiger partial charge in [-0.15, -0.1) is 0 Å². The molecule has 0 saturated carbocycles. The van der Waals surface area contributed by atoms with Crippen LogP contribution in [0, 0.1) is 5.92 Å². The van der Waals surface area contributed by atoms with Crippen LogP contribution in [-0.2, 0) is 14.6 Å². The zero-order valence-electron chi connectivity index (χ0n) is 7.45. The zero-order valence-corrected chi connectivity index (χ0v) is 8.27. The van der Waals surface area contributed by atoms with Crippen LogP contribution in [-0.4, -0.2) is 33.1 Å². The van der Waals surface area contributed by atoms with Gasteiger partial charge in [0.2, 0.25) is 0 Å². The van der Waals surface area contributed by atoms with Crippen molar-refractivity contribution in [2.24, 2.45) is 5.92 Å². The van der Waals surface area contributed by atoms with Gasteiger partial charge >= 0.3 is 0 Å². The molecule has 12 heavy (non-hydrogen) atoms. The van der Waals surface area contributed by atoms with Crippen LogP contribution in [0.25, 0.3) is 0 Å². The van der Waals surface area contributed by atoms with Crippen molar-refractivity contribution in [3.05, 3.63) is 0 Å². The summed E-state index contributed by atoms with van der Waals surface area (Å²) >= 11 is 0. The smallest absolute Gasteiger partial charge is 0.150 e. The lowest BCUT2D eigenvalue weighted by molar-refractivity contribution is 0.135. The lowest BCUT2D eigenvalue weighted by Gasteiger charge is -2.05. The largest absolute Gasteiger partial charge is 0.382 e. The zero-order chi connectivity index (χ0) is 9.03. The molecule has 0 radical (unpaired) electrons. The van der Waals surface area contributed by atoms with Gasteiger partial charge in [-0.2, -0.15) is 0 Å². The summed E-state index contributed by atoms with van der Waals surface area (Å²) in [5, 5.41) is 0. The fraction of sp³-hybridized carbons (Fsp3) is 1.00. The van der Waals surface area contributed by atoms with E-state index >= 15 is 0 Å². The van der Waals surface area contributed by atoms with Gasteiger partial charge in [0, 0.05) is 13.2 Å². The lowest BCUT2D eigenvalue weighted by Crippen LogP contribution is -2.07. The number of sulfone groups is 1. The Morgan fingerprint density at radius 1 is 1.50 bits per heavy atom. The SMILES string of the molecule is CCOCCC1CCS(=O)(=O)C1. The van der Waals surface area contributed by atoms with E-state index in [9.17, 15) is 8.42 Å². The first-order valence-corrected chi connectivity index (χ1v) is 6.24. The summed E-state index contributed by atoms with van der Waals surface area (Å²) in [6, 6.07) is 0. The number of hydrogen-bond donors (Lipinski definition) is 0. The van der Waals surface area contributed by atoms with Crippen molar-refractivity contribution in [3.63, 3.8) is 0 Å². The molecule has 0 aliphatic carbocycles. The van der Waals surface area contributed by atoms with E-state index < -0.39 is 9.84 Å². The number of rotatable bonds is 4. The summed E-state index contributed by atoms with van der Waals surface area (Å²) in [6.45, 7) is 3.38. The summed E-state index contributed by atoms with van der Waals surface area (Å²) in [7, 11) is -2.69. The summed E-state index contributed by atoms with van der Waals surface area (Å²) in [5.41, 5.74) is 0. The summed E-state index contributed by atoms with van der Waals surface area (Å²) in [4.78, 5) is 0. The van der Waals surface area contributed by atoms with Crippen molar-refractivity contribution in [2.75, 3.05) is 24.7 Å². The van der Waals surface area contributed by atoms with E-state index in [2.05, 4.69) is 0 Å². The van der Waals surface area contributed by atoms with Crippen molar-refractivity contribution < 1.29 is 13.2 Å². The van der Waals surface area contributed by atoms with Crippen molar-refractivity contribution in [2.45, 2.75) is 19.8 Å². The summed E-state index contributed by atoms with van der Waals surface area (Å²) in [6.07, 6.45) is 1.72. The van der Waals surface area contributed by atoms with Gasteiger partial charge < -0.3 is 4.74 Å². The van der Waals surface area contributed by atoms with Crippen LogP contribution in [0.15, 0.2) is 0 Å². The Morgan fingerprint density at radius 2 is 2.25 bits per heavy atom. The fourth-order valence-corrected chi connectivity index (χ4v) is 3.40. The van der Waals surface area contributed by atoms with Gasteiger partial charge in [0.25, 0.3) is 0 Å². The van der Waals surface area contributed by atoms with E-state index in [1.807, 2.05) is 6.92 Å². The third-order valence-corrected chi connectivity index (χ3v) is 4.04. The molecule has 3 nitrogen and oxygen atoms in total. The highest BCUT2D eigenvalue weighted by atomic mass is 32.2. The van der Waals surface area contributed by atoms with Gasteiger partial charge in [-0.1, -0.05) is 0 Å². The Labute approximate surface area is 74.0 Å². The maximum Gasteiger partial charge on any atom is 0.150 e. The van der Waals surface area contributed by atoms with Crippen molar-refractivity contribution in [3.8, 4) is 0 Å². The molecule has 0 aromatic rings. The van der Waals surface area contributed by atoms with Crippen LogP contribution in [0.3, 0.4) is 0 Å². The highest BCUT2D eigenvalue weighted by Crippen LogP contribution is 2.21. The molecule has 4 heteroatoms. The molecular formula is C8H16O3S. The minimum absolute atomic E-state index is 0.349. The Morgan fingerprint density at radius 3 is 2.75 bits per heavy atom. The van der Waals surface area contributed by atoms with Gasteiger partial charge in [0.1, 0.15) is 0 Å². The summed E-state index contributed by atoms with van der Waals surface area (Å²) in [5.74, 6) is 1.10. The average molecular weight is 192 g/mol. The van der Waals surface area contributed by atoms with E-state index in [4.69, 9.17) is 4.74 Å². The van der Waals surface area contributed by atoms with Crippen LogP contribution in [0.5, 0.6) is 0 Å². The molecule has 1 saturated heterocycles. The molecule has 0 aromatic heterocycles. The average Bonchev–Trinajstić information content (AvgIpc) is 2.31. The molecule has 72 valence electrons. The molecule has 0 amide bonds. The minimum Gasteiger partial charge on any atom is -0.382 e. The van der Waals surface area contributed by atoms with Gasteiger partial charge in [0.15, 0.2) is 9.84 Å². The van der Waals surface area contributed by atoms with Crippen LogP contribution in [0.1, 0.15) is 19.8 Å². The molecule has 1 aliphatic rings. The molecule has 0 bridgehead atoms. The van der Waals surface area contributed by atoms with E-state index in [0.717, 1.165) is 19.4 Å². The van der Waals surface area contributed by atoms with Crippen LogP contribution >= 0.6 is 0 Å². The second-order valence-corrected chi connectivity index (χ2v) is 5.48. The lowest BCUT2D eigenvalue weighted by atomic mass is 10.1. The quantitative estimate of drug-likeness (QED) is 0.620. The normalized spacial score (nSPS) is 27.6. The van der Waals surface area contributed by atoms with Crippen LogP contribution < -0.4 is 0 Å². The second-order valence-electron chi connectivity index (χ2n) is 3.25. The maximum atomic E-state index is 11.0. The molecule has 1 fully saturated rings. The fourth-order valence-electron chi connectivity index (χ4n) is 1.49. The number of hydrogen-bond acceptors (Lipinski definition) is 3. The Kier molecular flexibility index (Phi) is 3.53. The Hall–Kier alpha value is -0.0900. The predicted octanol–water partition coefficient (Wildman–Crippen LogP) is 0.848. The van der Waals surface area contributed by atoms with Crippen molar-refractivity contribution >= 4 is 9.84 Å². The van der Waals surface area contributed by atoms with Crippen molar-refractivity contribution in [1.82, 2.24) is 0 Å². The summed E-state index contributed by atoms with van der Waals surface area (Å²) < 4.78 is 27.2. The Bertz CT molecular complexity index is 220. The molecular weight excluding hydrogens is 176 g/mol. The Balaban J connectivity index is 2.20. The van der Waals surface area contributed by atoms with E-state index in [1.54, 1.807) is 0 Å². The third-order valence-electron chi connectivity index (χ3n) is 2.20. The second kappa shape index (κ2) is 4.23. The molecule has 1 unspecified atom stereocenters. The topological polar surface area (TPSA) is 43.4 Å². The highest BCUT2D eigenvalue weighted by Gasteiger charge is 2.27. The molecule has 0 spiro atoms.